The van der Waals surface area contributed by atoms with E-state index in [1.54, 1.807) is 0 Å². The van der Waals surface area contributed by atoms with Crippen molar-refractivity contribution in [2.75, 3.05) is 5.32 Å². The van der Waals surface area contributed by atoms with Crippen molar-refractivity contribution < 1.29 is 9.59 Å². The van der Waals surface area contributed by atoms with E-state index in [0.29, 0.717) is 18.4 Å². The van der Waals surface area contributed by atoms with Crippen LogP contribution in [0.5, 0.6) is 0 Å². The Morgan fingerprint density at radius 2 is 1.20 bits per heavy atom. The van der Waals surface area contributed by atoms with Gasteiger partial charge in [-0.3, -0.25) is 9.59 Å². The molecule has 2 amide bonds. The Morgan fingerprint density at radius 3 is 1.64 bits per heavy atom. The molecule has 2 N–H and O–H groups in total. The molecule has 4 aromatic rings. The Morgan fingerprint density at radius 1 is 0.720 bits per heavy atom. The molecule has 0 saturated carbocycles. The largest absolute Gasteiger partial charge is 0.352 e. The zero-order chi connectivity index (χ0) is 38.4. The summed E-state index contributed by atoms with van der Waals surface area (Å²) in [6.07, 6.45) is 1.73. The first-order chi connectivity index (χ1) is 23.9. The third-order valence-corrected chi connectivity index (χ3v) is 9.04. The van der Waals surface area contributed by atoms with E-state index in [9.17, 15) is 9.59 Å². The molecule has 4 aromatic carbocycles. The second-order valence-electron chi connectivity index (χ2n) is 13.0. The van der Waals surface area contributed by atoms with Crippen LogP contribution in [0.25, 0.3) is 10.8 Å². The van der Waals surface area contributed by atoms with Crippen LogP contribution in [0.4, 0.5) is 5.69 Å². The van der Waals surface area contributed by atoms with Crippen molar-refractivity contribution in [2.45, 2.75) is 135 Å². The van der Waals surface area contributed by atoms with Gasteiger partial charge in [-0.25, -0.2) is 0 Å². The van der Waals surface area contributed by atoms with E-state index in [0.717, 1.165) is 18.5 Å². The first kappa shape index (κ1) is 46.1. The van der Waals surface area contributed by atoms with Crippen molar-refractivity contribution in [1.29, 1.82) is 0 Å². The standard InChI is InChI=1S/C14H21NO.C14H14.C12H17NO.3C2H6/c1-5-12(4)14(16)15-9-13-7-10(2)6-11(3)8-13;1-9-10(2)13-8-4-6-11-5-3-7-12(9)14(11)13;1-4-12(2,3)11(14)13-10-8-6-5-7-9-10;3*1-2/h6-8,12H,5,9H2,1-4H3,(H,15,16);3-10H,1-2H3;5-9H,4H2,1-3H3,(H,13,14);3*1-2H3. The van der Waals surface area contributed by atoms with Crippen LogP contribution in [0.3, 0.4) is 0 Å². The smallest absolute Gasteiger partial charge is 0.230 e. The third kappa shape index (κ3) is 14.1. The van der Waals surface area contributed by atoms with E-state index < -0.39 is 0 Å². The van der Waals surface area contributed by atoms with Crippen molar-refractivity contribution in [3.8, 4) is 0 Å². The average molecular weight is 683 g/mol. The van der Waals surface area contributed by atoms with E-state index >= 15 is 0 Å². The summed E-state index contributed by atoms with van der Waals surface area (Å²) >= 11 is 0. The van der Waals surface area contributed by atoms with Gasteiger partial charge in [0, 0.05) is 23.6 Å². The minimum absolute atomic E-state index is 0.0752. The summed E-state index contributed by atoms with van der Waals surface area (Å²) in [6, 6.07) is 29.2. The van der Waals surface area contributed by atoms with Gasteiger partial charge >= 0.3 is 0 Å². The Balaban J connectivity index is 0.000000670. The Labute approximate surface area is 306 Å². The van der Waals surface area contributed by atoms with Crippen molar-refractivity contribution in [2.24, 2.45) is 11.3 Å². The van der Waals surface area contributed by atoms with Crippen molar-refractivity contribution in [3.63, 3.8) is 0 Å². The average Bonchev–Trinajstić information content (AvgIpc) is 3.39. The number of para-hydroxylation sites is 1. The zero-order valence-corrected chi connectivity index (χ0v) is 34.3. The SMILES string of the molecule is CC.CC.CC.CC1c2cccc3cccc(c23)C1C.CCC(C)(C)C(=O)Nc1ccccc1.CCC(C)C(=O)NCc1cc(C)cc(C)c1. The molecule has 4 heteroatoms. The number of aryl methyl sites for hydroxylation is 2. The molecule has 50 heavy (non-hydrogen) atoms. The van der Waals surface area contributed by atoms with Gasteiger partial charge in [0.15, 0.2) is 0 Å². The molecule has 5 rings (SSSR count). The molecule has 0 heterocycles. The fourth-order valence-corrected chi connectivity index (χ4v) is 5.40. The maximum Gasteiger partial charge on any atom is 0.230 e. The predicted octanol–water partition coefficient (Wildman–Crippen LogP) is 13.2. The number of rotatable bonds is 7. The van der Waals surface area contributed by atoms with Gasteiger partial charge in [0.05, 0.1) is 0 Å². The normalized spacial score (nSPS) is 14.2. The Bertz CT molecular complexity index is 1480. The van der Waals surface area contributed by atoms with Crippen LogP contribution in [0.1, 0.15) is 143 Å². The van der Waals surface area contributed by atoms with E-state index in [1.165, 1.54) is 38.6 Å². The second-order valence-corrected chi connectivity index (χ2v) is 13.0. The summed E-state index contributed by atoms with van der Waals surface area (Å²) in [7, 11) is 0. The maximum absolute atomic E-state index is 11.8. The van der Waals surface area contributed by atoms with Crippen LogP contribution in [-0.4, -0.2) is 11.8 Å². The lowest BCUT2D eigenvalue weighted by molar-refractivity contribution is -0.125. The molecule has 4 nitrogen and oxygen atoms in total. The summed E-state index contributed by atoms with van der Waals surface area (Å²) < 4.78 is 0. The number of hydrogen-bond donors (Lipinski definition) is 2. The van der Waals surface area contributed by atoms with Crippen LogP contribution >= 0.6 is 0 Å². The van der Waals surface area contributed by atoms with Gasteiger partial charge in [0.1, 0.15) is 0 Å². The molecular formula is C46H70N2O2. The van der Waals surface area contributed by atoms with Crippen LogP contribution in [0, 0.1) is 25.2 Å². The second kappa shape index (κ2) is 24.3. The molecule has 0 aliphatic heterocycles. The maximum atomic E-state index is 11.8. The summed E-state index contributed by atoms with van der Waals surface area (Å²) in [5.41, 5.74) is 7.29. The predicted molar refractivity (Wildman–Crippen MR) is 221 cm³/mol. The summed E-state index contributed by atoms with van der Waals surface area (Å²) in [4.78, 5) is 23.4. The molecule has 0 bridgehead atoms. The first-order valence-corrected chi connectivity index (χ1v) is 19.1. The molecule has 3 unspecified atom stereocenters. The van der Waals surface area contributed by atoms with Gasteiger partial charge in [0.25, 0.3) is 0 Å². The van der Waals surface area contributed by atoms with Crippen LogP contribution in [-0.2, 0) is 16.1 Å². The van der Waals surface area contributed by atoms with E-state index in [-0.39, 0.29) is 23.1 Å². The van der Waals surface area contributed by atoms with Gasteiger partial charge in [-0.15, -0.1) is 0 Å². The minimum atomic E-state index is -0.296. The summed E-state index contributed by atoms with van der Waals surface area (Å²) in [5.74, 6) is 1.67. The molecule has 0 radical (unpaired) electrons. The third-order valence-electron chi connectivity index (χ3n) is 9.04. The fraction of sp³-hybridized carbons (Fsp3) is 0.478. The molecular weight excluding hydrogens is 613 g/mol. The van der Waals surface area contributed by atoms with Crippen LogP contribution in [0.15, 0.2) is 84.9 Å². The molecule has 1 aliphatic rings. The number of anilines is 1. The highest BCUT2D eigenvalue weighted by molar-refractivity contribution is 5.94. The van der Waals surface area contributed by atoms with Crippen molar-refractivity contribution >= 4 is 28.3 Å². The lowest BCUT2D eigenvalue weighted by atomic mass is 9.89. The van der Waals surface area contributed by atoms with Gasteiger partial charge in [-0.2, -0.15) is 0 Å². The Kier molecular flexibility index (Phi) is 22.4. The highest BCUT2D eigenvalue weighted by Crippen LogP contribution is 2.45. The fourth-order valence-electron chi connectivity index (χ4n) is 5.40. The summed E-state index contributed by atoms with van der Waals surface area (Å²) in [6.45, 7) is 31.4. The number of hydrogen-bond acceptors (Lipinski definition) is 2. The van der Waals surface area contributed by atoms with Gasteiger partial charge in [-0.1, -0.05) is 174 Å². The van der Waals surface area contributed by atoms with E-state index in [4.69, 9.17) is 0 Å². The number of nitrogens with one attached hydrogen (secondary N) is 2. The molecule has 0 saturated heterocycles. The molecule has 3 atom stereocenters. The quantitative estimate of drug-likeness (QED) is 0.204. The van der Waals surface area contributed by atoms with E-state index in [2.05, 4.69) is 92.9 Å². The van der Waals surface area contributed by atoms with Crippen LogP contribution in [0.2, 0.25) is 0 Å². The van der Waals surface area contributed by atoms with Crippen molar-refractivity contribution in [1.82, 2.24) is 5.32 Å². The zero-order valence-electron chi connectivity index (χ0n) is 34.3. The molecule has 0 fully saturated rings. The highest BCUT2D eigenvalue weighted by Gasteiger charge is 2.27. The highest BCUT2D eigenvalue weighted by atomic mass is 16.2. The topological polar surface area (TPSA) is 58.2 Å². The Hall–Kier alpha value is -3.92. The summed E-state index contributed by atoms with van der Waals surface area (Å²) in [5, 5.41) is 8.77. The van der Waals surface area contributed by atoms with Crippen molar-refractivity contribution in [3.05, 3.63) is 113 Å². The molecule has 1 aliphatic carbocycles. The van der Waals surface area contributed by atoms with E-state index in [1.807, 2.05) is 106 Å². The van der Waals surface area contributed by atoms with Gasteiger partial charge in [-0.05, 0) is 78.1 Å². The molecule has 276 valence electrons. The first-order valence-electron chi connectivity index (χ1n) is 19.1. The molecule has 0 spiro atoms. The molecule has 0 aromatic heterocycles. The minimum Gasteiger partial charge on any atom is -0.352 e. The number of carbonyl (C=O) groups excluding carboxylic acids is 2. The lowest BCUT2D eigenvalue weighted by Crippen LogP contribution is -2.29. The van der Waals surface area contributed by atoms with Crippen LogP contribution < -0.4 is 10.6 Å². The monoisotopic (exact) mass is 683 g/mol. The number of amides is 2. The lowest BCUT2D eigenvalue weighted by Gasteiger charge is -2.21. The van der Waals surface area contributed by atoms with Gasteiger partial charge in [0.2, 0.25) is 11.8 Å². The van der Waals surface area contributed by atoms with Gasteiger partial charge < -0.3 is 10.6 Å². The number of benzene rings is 4. The number of carbonyl (C=O) groups is 2.